The summed E-state index contributed by atoms with van der Waals surface area (Å²) in [5, 5.41) is 12.6. The summed E-state index contributed by atoms with van der Waals surface area (Å²) < 4.78 is 8.42. The molecule has 0 unspecified atom stereocenters. The molecule has 1 fully saturated rings. The van der Waals surface area contributed by atoms with Crippen LogP contribution in [0.15, 0.2) is 59.1 Å². The highest BCUT2D eigenvalue weighted by Crippen LogP contribution is 2.21. The molecule has 3 aromatic rings. The second kappa shape index (κ2) is 7.43. The van der Waals surface area contributed by atoms with Gasteiger partial charge < -0.3 is 9.64 Å². The summed E-state index contributed by atoms with van der Waals surface area (Å²) in [7, 11) is 0. The van der Waals surface area contributed by atoms with Crippen molar-refractivity contribution < 1.29 is 9.64 Å². The van der Waals surface area contributed by atoms with E-state index >= 15 is 0 Å². The Kier molecular flexibility index (Phi) is 4.87. The Balaban J connectivity index is 1.78. The maximum atomic E-state index is 5.55. The van der Waals surface area contributed by atoms with Crippen molar-refractivity contribution in [3.63, 3.8) is 0 Å². The van der Waals surface area contributed by atoms with Crippen LogP contribution in [0.4, 0.5) is 0 Å². The smallest absolute Gasteiger partial charge is 0.218 e. The van der Waals surface area contributed by atoms with Gasteiger partial charge in [0.15, 0.2) is 6.04 Å². The molecule has 6 nitrogen and oxygen atoms in total. The van der Waals surface area contributed by atoms with Crippen LogP contribution in [-0.2, 0) is 4.74 Å². The number of ether oxygens (including phenoxy) is 1. The molecule has 0 aliphatic carbocycles. The van der Waals surface area contributed by atoms with Gasteiger partial charge in [-0.3, -0.25) is 0 Å². The van der Waals surface area contributed by atoms with Crippen molar-refractivity contribution in [2.45, 2.75) is 6.04 Å². The van der Waals surface area contributed by atoms with E-state index in [1.165, 1.54) is 10.5 Å². The zero-order valence-corrected chi connectivity index (χ0v) is 15.3. The predicted molar refractivity (Wildman–Crippen MR) is 96.7 cm³/mol. The molecule has 1 aliphatic rings. The molecule has 0 spiro atoms. The molecular formula is C18H19BrN5O+. The highest BCUT2D eigenvalue weighted by molar-refractivity contribution is 9.10. The van der Waals surface area contributed by atoms with Crippen LogP contribution in [-0.4, -0.2) is 46.5 Å². The SMILES string of the molecule is Brc1ccc(-n2nnnc2[C@@H](c2ccccc2)[NH+]2CCOCC2)cc1. The van der Waals surface area contributed by atoms with Gasteiger partial charge in [0.25, 0.3) is 0 Å². The van der Waals surface area contributed by atoms with Crippen LogP contribution in [0.25, 0.3) is 5.69 Å². The van der Waals surface area contributed by atoms with Crippen molar-refractivity contribution in [2.75, 3.05) is 26.3 Å². The largest absolute Gasteiger partial charge is 0.370 e. The number of hydrogen-bond donors (Lipinski definition) is 1. The standard InChI is InChI=1S/C18H18BrN5O/c19-15-6-8-16(9-7-15)24-18(20-21-22-24)17(14-4-2-1-3-5-14)23-10-12-25-13-11-23/h1-9,17H,10-13H2/p+1/t17-/m1/s1. The van der Waals surface area contributed by atoms with Crippen molar-refractivity contribution in [2.24, 2.45) is 0 Å². The van der Waals surface area contributed by atoms with E-state index in [0.717, 1.165) is 42.3 Å². The van der Waals surface area contributed by atoms with Gasteiger partial charge in [-0.05, 0) is 34.7 Å². The number of rotatable bonds is 4. The van der Waals surface area contributed by atoms with E-state index in [1.54, 1.807) is 0 Å². The number of benzene rings is 2. The van der Waals surface area contributed by atoms with Crippen LogP contribution in [0, 0.1) is 0 Å². The molecule has 4 rings (SSSR count). The zero-order valence-electron chi connectivity index (χ0n) is 13.7. The predicted octanol–water partition coefficient (Wildman–Crippen LogP) is 1.43. The summed E-state index contributed by atoms with van der Waals surface area (Å²) in [6.07, 6.45) is 0. The van der Waals surface area contributed by atoms with E-state index in [9.17, 15) is 0 Å². The average Bonchev–Trinajstić information content (AvgIpc) is 3.14. The zero-order chi connectivity index (χ0) is 17.1. The molecule has 0 radical (unpaired) electrons. The lowest BCUT2D eigenvalue weighted by atomic mass is 10.0. The Morgan fingerprint density at radius 3 is 2.44 bits per heavy atom. The lowest BCUT2D eigenvalue weighted by Gasteiger charge is -2.30. The first-order chi connectivity index (χ1) is 12.3. The number of nitrogens with one attached hydrogen (secondary N) is 1. The fourth-order valence-electron chi connectivity index (χ4n) is 3.28. The molecule has 0 saturated carbocycles. The van der Waals surface area contributed by atoms with Crippen LogP contribution in [0.5, 0.6) is 0 Å². The third kappa shape index (κ3) is 3.49. The summed E-state index contributed by atoms with van der Waals surface area (Å²) >= 11 is 3.48. The maximum absolute atomic E-state index is 5.55. The summed E-state index contributed by atoms with van der Waals surface area (Å²) in [5.74, 6) is 0.852. The molecule has 1 atom stereocenters. The first kappa shape index (κ1) is 16.4. The molecule has 1 aromatic heterocycles. The van der Waals surface area contributed by atoms with Crippen molar-refractivity contribution in [3.8, 4) is 5.69 Å². The van der Waals surface area contributed by atoms with Gasteiger partial charge in [-0.2, -0.15) is 4.68 Å². The molecule has 1 aliphatic heterocycles. The van der Waals surface area contributed by atoms with Gasteiger partial charge in [-0.15, -0.1) is 5.10 Å². The van der Waals surface area contributed by atoms with Crippen molar-refractivity contribution in [1.82, 2.24) is 20.2 Å². The molecule has 2 aromatic carbocycles. The van der Waals surface area contributed by atoms with E-state index in [0.29, 0.717) is 0 Å². The Morgan fingerprint density at radius 2 is 1.72 bits per heavy atom. The molecule has 1 saturated heterocycles. The Hall–Kier alpha value is -2.09. The average molecular weight is 401 g/mol. The van der Waals surface area contributed by atoms with Crippen LogP contribution in [0.1, 0.15) is 17.4 Å². The van der Waals surface area contributed by atoms with Gasteiger partial charge in [0, 0.05) is 10.0 Å². The van der Waals surface area contributed by atoms with Gasteiger partial charge in [-0.25, -0.2) is 0 Å². The monoisotopic (exact) mass is 400 g/mol. The van der Waals surface area contributed by atoms with Crippen molar-refractivity contribution >= 4 is 15.9 Å². The summed E-state index contributed by atoms with van der Waals surface area (Å²) in [6, 6.07) is 18.6. The lowest BCUT2D eigenvalue weighted by molar-refractivity contribution is -0.933. The van der Waals surface area contributed by atoms with Gasteiger partial charge >= 0.3 is 0 Å². The highest BCUT2D eigenvalue weighted by Gasteiger charge is 2.33. The molecule has 1 N–H and O–H groups in total. The van der Waals surface area contributed by atoms with E-state index < -0.39 is 0 Å². The Labute approximate surface area is 154 Å². The second-order valence-electron chi connectivity index (χ2n) is 6.04. The number of quaternary nitrogens is 1. The first-order valence-corrected chi connectivity index (χ1v) is 9.14. The minimum atomic E-state index is 0.0729. The fourth-order valence-corrected chi connectivity index (χ4v) is 3.54. The topological polar surface area (TPSA) is 57.3 Å². The third-order valence-electron chi connectivity index (χ3n) is 4.50. The summed E-state index contributed by atoms with van der Waals surface area (Å²) in [6.45, 7) is 3.40. The molecule has 25 heavy (non-hydrogen) atoms. The minimum Gasteiger partial charge on any atom is -0.370 e. The minimum absolute atomic E-state index is 0.0729. The first-order valence-electron chi connectivity index (χ1n) is 8.34. The molecule has 2 heterocycles. The van der Waals surface area contributed by atoms with Crippen LogP contribution in [0.2, 0.25) is 0 Å². The van der Waals surface area contributed by atoms with Gasteiger partial charge in [0.2, 0.25) is 5.82 Å². The Bertz CT molecular complexity index is 815. The van der Waals surface area contributed by atoms with E-state index in [-0.39, 0.29) is 6.04 Å². The molecule has 7 heteroatoms. The summed E-state index contributed by atoms with van der Waals surface area (Å²) in [5.41, 5.74) is 2.17. The maximum Gasteiger partial charge on any atom is 0.218 e. The number of nitrogens with zero attached hydrogens (tertiary/aromatic N) is 4. The van der Waals surface area contributed by atoms with E-state index in [1.807, 2.05) is 35.0 Å². The molecule has 0 amide bonds. The van der Waals surface area contributed by atoms with Gasteiger partial charge in [0.1, 0.15) is 13.1 Å². The van der Waals surface area contributed by atoms with Crippen molar-refractivity contribution in [1.29, 1.82) is 0 Å². The Morgan fingerprint density at radius 1 is 1.00 bits per heavy atom. The number of aromatic nitrogens is 4. The molecule has 128 valence electrons. The van der Waals surface area contributed by atoms with E-state index in [4.69, 9.17) is 4.74 Å². The normalized spacial score (nSPS) is 16.7. The third-order valence-corrected chi connectivity index (χ3v) is 5.03. The van der Waals surface area contributed by atoms with Gasteiger partial charge in [0.05, 0.1) is 18.9 Å². The number of tetrazole rings is 1. The summed E-state index contributed by atoms with van der Waals surface area (Å²) in [4.78, 5) is 1.42. The number of morpholine rings is 1. The van der Waals surface area contributed by atoms with Gasteiger partial charge in [-0.1, -0.05) is 46.3 Å². The lowest BCUT2D eigenvalue weighted by Crippen LogP contribution is -3.14. The highest BCUT2D eigenvalue weighted by atomic mass is 79.9. The molecular weight excluding hydrogens is 382 g/mol. The van der Waals surface area contributed by atoms with Crippen LogP contribution in [0.3, 0.4) is 0 Å². The second-order valence-corrected chi connectivity index (χ2v) is 6.96. The number of halogens is 1. The quantitative estimate of drug-likeness (QED) is 0.719. The number of hydrogen-bond acceptors (Lipinski definition) is 4. The van der Waals surface area contributed by atoms with Crippen LogP contribution >= 0.6 is 15.9 Å². The van der Waals surface area contributed by atoms with E-state index in [2.05, 4.69) is 55.7 Å². The fraction of sp³-hybridized carbons (Fsp3) is 0.278. The van der Waals surface area contributed by atoms with Crippen LogP contribution < -0.4 is 4.90 Å². The van der Waals surface area contributed by atoms with Crippen molar-refractivity contribution in [3.05, 3.63) is 70.5 Å². The molecule has 0 bridgehead atoms.